The smallest absolute Gasteiger partial charge is 0.299 e. The topological polar surface area (TPSA) is 98.2 Å². The first kappa shape index (κ1) is 14.6. The lowest BCUT2D eigenvalue weighted by Gasteiger charge is -2.27. The van der Waals surface area contributed by atoms with Gasteiger partial charge in [0, 0.05) is 12.4 Å². The number of carbonyl (C=O) groups excluding carboxylic acids is 1. The van der Waals surface area contributed by atoms with Crippen molar-refractivity contribution in [1.82, 2.24) is 4.98 Å². The van der Waals surface area contributed by atoms with Crippen molar-refractivity contribution in [3.05, 3.63) is 52.9 Å². The number of nitrogens with zero attached hydrogens (tertiary/aromatic N) is 2. The van der Waals surface area contributed by atoms with Crippen molar-refractivity contribution in [2.24, 2.45) is 5.73 Å². The highest BCUT2D eigenvalue weighted by molar-refractivity contribution is 5.95. The molecule has 0 aromatic carbocycles. The largest absolute Gasteiger partial charge is 0.465 e. The van der Waals surface area contributed by atoms with Crippen molar-refractivity contribution < 1.29 is 14.3 Å². The van der Waals surface area contributed by atoms with E-state index in [2.05, 4.69) is 11.1 Å². The number of primary amides is 1. The number of hydrogen-bond donors (Lipinski definition) is 1. The average Bonchev–Trinajstić information content (AvgIpc) is 2.47. The van der Waals surface area contributed by atoms with Gasteiger partial charge in [-0.25, -0.2) is 0 Å². The zero-order valence-electron chi connectivity index (χ0n) is 11.8. The standard InChI is InChI=1S/C15H15N3O3/c1-3-20-15-11(8-16)13(10-4-6-18-7-5-10)12(14(17)19)9(2)21-15/h4-7,13H,3H2,1-2H3,(H2,17,19). The van der Waals surface area contributed by atoms with Crippen LogP contribution >= 0.6 is 0 Å². The maximum Gasteiger partial charge on any atom is 0.299 e. The van der Waals surface area contributed by atoms with E-state index in [0.717, 1.165) is 5.56 Å². The Bertz CT molecular complexity index is 656. The fourth-order valence-corrected chi connectivity index (χ4v) is 2.27. The quantitative estimate of drug-likeness (QED) is 0.908. The number of carbonyl (C=O) groups is 1. The molecule has 1 unspecified atom stereocenters. The van der Waals surface area contributed by atoms with E-state index >= 15 is 0 Å². The van der Waals surface area contributed by atoms with Crippen LogP contribution in [0.1, 0.15) is 25.3 Å². The van der Waals surface area contributed by atoms with Crippen LogP contribution in [0.2, 0.25) is 0 Å². The predicted octanol–water partition coefficient (Wildman–Crippen LogP) is 1.73. The van der Waals surface area contributed by atoms with Crippen molar-refractivity contribution in [3.63, 3.8) is 0 Å². The minimum Gasteiger partial charge on any atom is -0.465 e. The van der Waals surface area contributed by atoms with Gasteiger partial charge < -0.3 is 15.2 Å². The molecular weight excluding hydrogens is 270 g/mol. The molecule has 1 aliphatic rings. The Kier molecular flexibility index (Phi) is 4.24. The second kappa shape index (κ2) is 6.09. The van der Waals surface area contributed by atoms with Crippen LogP contribution in [0.4, 0.5) is 0 Å². The van der Waals surface area contributed by atoms with Gasteiger partial charge in [-0.05, 0) is 31.5 Å². The Hall–Kier alpha value is -2.81. The third kappa shape index (κ3) is 2.72. The molecule has 2 N–H and O–H groups in total. The number of rotatable bonds is 4. The number of hydrogen-bond acceptors (Lipinski definition) is 5. The maximum atomic E-state index is 11.8. The van der Waals surface area contributed by atoms with E-state index in [1.807, 2.05) is 0 Å². The molecule has 6 nitrogen and oxygen atoms in total. The van der Waals surface area contributed by atoms with Crippen LogP contribution in [0.5, 0.6) is 0 Å². The summed E-state index contributed by atoms with van der Waals surface area (Å²) in [7, 11) is 0. The molecule has 6 heteroatoms. The molecule has 21 heavy (non-hydrogen) atoms. The van der Waals surface area contributed by atoms with Gasteiger partial charge in [-0.3, -0.25) is 9.78 Å². The summed E-state index contributed by atoms with van der Waals surface area (Å²) >= 11 is 0. The summed E-state index contributed by atoms with van der Waals surface area (Å²) in [5.74, 6) is -0.778. The third-order valence-corrected chi connectivity index (χ3v) is 3.12. The van der Waals surface area contributed by atoms with Gasteiger partial charge in [0.05, 0.1) is 18.1 Å². The highest BCUT2D eigenvalue weighted by Gasteiger charge is 2.35. The highest BCUT2D eigenvalue weighted by atomic mass is 16.7. The first-order valence-electron chi connectivity index (χ1n) is 6.45. The van der Waals surface area contributed by atoms with Gasteiger partial charge in [0.1, 0.15) is 17.4 Å². The van der Waals surface area contributed by atoms with E-state index in [9.17, 15) is 10.1 Å². The van der Waals surface area contributed by atoms with Crippen molar-refractivity contribution in [2.45, 2.75) is 19.8 Å². The first-order valence-corrected chi connectivity index (χ1v) is 6.45. The Morgan fingerprint density at radius 3 is 2.71 bits per heavy atom. The summed E-state index contributed by atoms with van der Waals surface area (Å²) in [6, 6.07) is 5.52. The lowest BCUT2D eigenvalue weighted by Crippen LogP contribution is -2.27. The Labute approximate surface area is 122 Å². The van der Waals surface area contributed by atoms with E-state index in [0.29, 0.717) is 12.4 Å². The van der Waals surface area contributed by atoms with E-state index < -0.39 is 11.8 Å². The summed E-state index contributed by atoms with van der Waals surface area (Å²) in [5.41, 5.74) is 6.66. The molecule has 0 bridgehead atoms. The molecule has 1 aromatic rings. The van der Waals surface area contributed by atoms with Crippen molar-refractivity contribution in [3.8, 4) is 6.07 Å². The van der Waals surface area contributed by atoms with Gasteiger partial charge in [0.2, 0.25) is 5.91 Å². The van der Waals surface area contributed by atoms with Crippen LogP contribution < -0.4 is 5.73 Å². The second-order valence-corrected chi connectivity index (χ2v) is 4.40. The molecule has 1 amide bonds. The summed E-state index contributed by atoms with van der Waals surface area (Å²) < 4.78 is 10.8. The normalized spacial score (nSPS) is 18.0. The van der Waals surface area contributed by atoms with Gasteiger partial charge in [-0.2, -0.15) is 5.26 Å². The Balaban J connectivity index is 2.63. The zero-order chi connectivity index (χ0) is 15.4. The van der Waals surface area contributed by atoms with E-state index in [4.69, 9.17) is 15.2 Å². The third-order valence-electron chi connectivity index (χ3n) is 3.12. The number of nitrogens with two attached hydrogens (primary N) is 1. The molecule has 0 fully saturated rings. The number of aromatic nitrogens is 1. The molecule has 1 atom stereocenters. The molecule has 0 saturated carbocycles. The van der Waals surface area contributed by atoms with Crippen LogP contribution in [0.15, 0.2) is 47.4 Å². The summed E-state index contributed by atoms with van der Waals surface area (Å²) in [4.78, 5) is 15.7. The number of ether oxygens (including phenoxy) is 2. The van der Waals surface area contributed by atoms with Gasteiger partial charge in [0.25, 0.3) is 5.95 Å². The fourth-order valence-electron chi connectivity index (χ4n) is 2.27. The molecule has 1 aliphatic heterocycles. The number of amides is 1. The molecule has 0 radical (unpaired) electrons. The summed E-state index contributed by atoms with van der Waals surface area (Å²) in [6.07, 6.45) is 3.18. The fraction of sp³-hybridized carbons (Fsp3) is 0.267. The minimum atomic E-state index is -0.627. The lowest BCUT2D eigenvalue weighted by molar-refractivity contribution is -0.115. The van der Waals surface area contributed by atoms with Gasteiger partial charge in [-0.15, -0.1) is 0 Å². The SMILES string of the molecule is CCOC1=C(C#N)C(c2ccncc2)C(C(N)=O)=C(C)O1. The van der Waals surface area contributed by atoms with Gasteiger partial charge >= 0.3 is 0 Å². The highest BCUT2D eigenvalue weighted by Crippen LogP contribution is 2.39. The first-order chi connectivity index (χ1) is 10.1. The molecule has 2 rings (SSSR count). The zero-order valence-corrected chi connectivity index (χ0v) is 11.8. The van der Waals surface area contributed by atoms with Crippen LogP contribution in [0.25, 0.3) is 0 Å². The maximum absolute atomic E-state index is 11.8. The van der Waals surface area contributed by atoms with Crippen molar-refractivity contribution in [2.75, 3.05) is 6.61 Å². The molecule has 1 aromatic heterocycles. The number of allylic oxidation sites excluding steroid dienone is 2. The lowest BCUT2D eigenvalue weighted by atomic mass is 9.83. The average molecular weight is 285 g/mol. The van der Waals surface area contributed by atoms with E-state index in [-0.39, 0.29) is 17.1 Å². The van der Waals surface area contributed by atoms with Crippen molar-refractivity contribution in [1.29, 1.82) is 5.26 Å². The van der Waals surface area contributed by atoms with E-state index in [1.165, 1.54) is 0 Å². The molecule has 108 valence electrons. The van der Waals surface area contributed by atoms with Gasteiger partial charge in [-0.1, -0.05) is 0 Å². The minimum absolute atomic E-state index is 0.115. The molecule has 0 saturated heterocycles. The van der Waals surface area contributed by atoms with Crippen LogP contribution in [-0.2, 0) is 14.3 Å². The van der Waals surface area contributed by atoms with Crippen LogP contribution in [0, 0.1) is 11.3 Å². The van der Waals surface area contributed by atoms with Crippen molar-refractivity contribution >= 4 is 5.91 Å². The Morgan fingerprint density at radius 1 is 1.52 bits per heavy atom. The van der Waals surface area contributed by atoms with Crippen LogP contribution in [-0.4, -0.2) is 17.5 Å². The predicted molar refractivity (Wildman–Crippen MR) is 74.2 cm³/mol. The van der Waals surface area contributed by atoms with Gasteiger partial charge in [0.15, 0.2) is 0 Å². The summed E-state index contributed by atoms with van der Waals surface area (Å²) in [6.45, 7) is 3.76. The second-order valence-electron chi connectivity index (χ2n) is 4.40. The molecular formula is C15H15N3O3. The molecule has 0 aliphatic carbocycles. The number of nitriles is 1. The summed E-state index contributed by atoms with van der Waals surface area (Å²) in [5, 5.41) is 9.45. The monoisotopic (exact) mass is 285 g/mol. The Morgan fingerprint density at radius 2 is 2.19 bits per heavy atom. The van der Waals surface area contributed by atoms with E-state index in [1.54, 1.807) is 38.4 Å². The molecule has 0 spiro atoms. The number of pyridine rings is 1. The molecule has 2 heterocycles. The van der Waals surface area contributed by atoms with Crippen LogP contribution in [0.3, 0.4) is 0 Å².